The van der Waals surface area contributed by atoms with Crippen LogP contribution < -0.4 is 10.1 Å². The first-order chi connectivity index (χ1) is 10.1. The predicted molar refractivity (Wildman–Crippen MR) is 81.9 cm³/mol. The number of nitrogens with zero attached hydrogens (tertiary/aromatic N) is 2. The minimum atomic E-state index is -0.216. The van der Waals surface area contributed by atoms with Crippen molar-refractivity contribution in [3.05, 3.63) is 34.3 Å². The summed E-state index contributed by atoms with van der Waals surface area (Å²) in [4.78, 5) is 11.8. The van der Waals surface area contributed by atoms with Crippen molar-refractivity contribution in [2.45, 2.75) is 32.6 Å². The van der Waals surface area contributed by atoms with Crippen LogP contribution in [0.4, 0.5) is 5.13 Å². The van der Waals surface area contributed by atoms with Crippen molar-refractivity contribution in [3.63, 3.8) is 0 Å². The molecule has 6 heteroatoms. The number of carbonyl (C=O) groups is 1. The van der Waals surface area contributed by atoms with Gasteiger partial charge >= 0.3 is 0 Å². The molecule has 1 aromatic carbocycles. The summed E-state index contributed by atoms with van der Waals surface area (Å²) < 4.78 is 5.49. The van der Waals surface area contributed by atoms with E-state index in [1.807, 2.05) is 32.0 Å². The van der Waals surface area contributed by atoms with E-state index < -0.39 is 0 Å². The lowest BCUT2D eigenvalue weighted by Crippen LogP contribution is -2.20. The van der Waals surface area contributed by atoms with Gasteiger partial charge in [0.2, 0.25) is 5.13 Å². The Morgan fingerprint density at radius 3 is 2.86 bits per heavy atom. The smallest absolute Gasteiger partial charge is 0.264 e. The number of rotatable bonds is 5. The van der Waals surface area contributed by atoms with E-state index in [1.165, 1.54) is 29.7 Å². The molecule has 1 aromatic heterocycles. The lowest BCUT2D eigenvalue weighted by atomic mass is 10.1. The first kappa shape index (κ1) is 14.0. The number of anilines is 1. The van der Waals surface area contributed by atoms with Gasteiger partial charge in [0.25, 0.3) is 5.91 Å². The highest BCUT2D eigenvalue weighted by Crippen LogP contribution is 2.41. The van der Waals surface area contributed by atoms with E-state index in [1.54, 1.807) is 0 Å². The number of nitrogens with one attached hydrogen (secondary N) is 1. The lowest BCUT2D eigenvalue weighted by molar-refractivity contribution is -0.118. The normalized spacial score (nSPS) is 14.0. The fraction of sp³-hybridized carbons (Fsp3) is 0.400. The van der Waals surface area contributed by atoms with Crippen molar-refractivity contribution in [1.29, 1.82) is 0 Å². The van der Waals surface area contributed by atoms with E-state index in [4.69, 9.17) is 4.74 Å². The zero-order valence-corrected chi connectivity index (χ0v) is 12.9. The number of benzene rings is 1. The topological polar surface area (TPSA) is 64.1 Å². The standard InChI is InChI=1S/C15H17N3O2S/c1-9-3-6-12(7-10(9)2)20-8-13(19)16-15-18-17-14(21-15)11-4-5-11/h3,6-7,11H,4-5,8H2,1-2H3,(H,16,18,19). The Labute approximate surface area is 127 Å². The molecule has 5 nitrogen and oxygen atoms in total. The van der Waals surface area contributed by atoms with Crippen LogP contribution in [0.5, 0.6) is 5.75 Å². The van der Waals surface area contributed by atoms with Crippen molar-refractivity contribution in [2.24, 2.45) is 0 Å². The number of hydrogen-bond acceptors (Lipinski definition) is 5. The lowest BCUT2D eigenvalue weighted by Gasteiger charge is -2.07. The summed E-state index contributed by atoms with van der Waals surface area (Å²) in [6.45, 7) is 4.03. The molecule has 1 saturated carbocycles. The van der Waals surface area contributed by atoms with Crippen LogP contribution in [0.15, 0.2) is 18.2 Å². The zero-order chi connectivity index (χ0) is 14.8. The number of aryl methyl sites for hydroxylation is 2. The zero-order valence-electron chi connectivity index (χ0n) is 12.0. The molecule has 21 heavy (non-hydrogen) atoms. The average molecular weight is 303 g/mol. The maximum absolute atomic E-state index is 11.8. The van der Waals surface area contributed by atoms with Crippen LogP contribution in [0.2, 0.25) is 0 Å². The first-order valence-electron chi connectivity index (χ1n) is 6.95. The second kappa shape index (κ2) is 5.81. The van der Waals surface area contributed by atoms with Crippen LogP contribution >= 0.6 is 11.3 Å². The van der Waals surface area contributed by atoms with Gasteiger partial charge in [-0.2, -0.15) is 0 Å². The predicted octanol–water partition coefficient (Wildman–Crippen LogP) is 3.05. The van der Waals surface area contributed by atoms with E-state index in [9.17, 15) is 4.79 Å². The Balaban J connectivity index is 1.52. The van der Waals surface area contributed by atoms with Gasteiger partial charge in [0.05, 0.1) is 0 Å². The molecule has 1 N–H and O–H groups in total. The number of hydrogen-bond donors (Lipinski definition) is 1. The molecule has 1 aliphatic carbocycles. The molecule has 1 aliphatic rings. The molecule has 3 rings (SSSR count). The number of carbonyl (C=O) groups excluding carboxylic acids is 1. The summed E-state index contributed by atoms with van der Waals surface area (Å²) in [5.41, 5.74) is 2.35. The second-order valence-electron chi connectivity index (χ2n) is 5.30. The summed E-state index contributed by atoms with van der Waals surface area (Å²) in [6.07, 6.45) is 2.36. The highest BCUT2D eigenvalue weighted by atomic mass is 32.1. The average Bonchev–Trinajstić information content (AvgIpc) is 3.21. The Bertz CT molecular complexity index is 665. The Hall–Kier alpha value is -1.95. The molecular formula is C15H17N3O2S. The van der Waals surface area contributed by atoms with E-state index in [0.717, 1.165) is 10.6 Å². The summed E-state index contributed by atoms with van der Waals surface area (Å²) in [5.74, 6) is 1.04. The Morgan fingerprint density at radius 2 is 2.14 bits per heavy atom. The summed E-state index contributed by atoms with van der Waals surface area (Å²) in [7, 11) is 0. The quantitative estimate of drug-likeness (QED) is 0.922. The van der Waals surface area contributed by atoms with Crippen molar-refractivity contribution in [1.82, 2.24) is 10.2 Å². The van der Waals surface area contributed by atoms with Gasteiger partial charge in [-0.25, -0.2) is 0 Å². The van der Waals surface area contributed by atoms with E-state index in [0.29, 0.717) is 16.8 Å². The molecule has 1 amide bonds. The van der Waals surface area contributed by atoms with Gasteiger partial charge < -0.3 is 4.74 Å². The maximum atomic E-state index is 11.8. The molecule has 1 heterocycles. The van der Waals surface area contributed by atoms with E-state index in [2.05, 4.69) is 15.5 Å². The third-order valence-corrected chi connectivity index (χ3v) is 4.46. The third kappa shape index (κ3) is 3.58. The molecule has 0 saturated heterocycles. The number of ether oxygens (including phenoxy) is 1. The monoisotopic (exact) mass is 303 g/mol. The SMILES string of the molecule is Cc1ccc(OCC(=O)Nc2nnc(C3CC3)s2)cc1C. The van der Waals surface area contributed by atoms with Gasteiger partial charge in [0.15, 0.2) is 6.61 Å². The Morgan fingerprint density at radius 1 is 1.33 bits per heavy atom. The van der Waals surface area contributed by atoms with Crippen molar-refractivity contribution >= 4 is 22.4 Å². The van der Waals surface area contributed by atoms with Crippen LogP contribution in [-0.4, -0.2) is 22.7 Å². The van der Waals surface area contributed by atoms with Crippen LogP contribution in [0, 0.1) is 13.8 Å². The molecule has 0 atom stereocenters. The minimum absolute atomic E-state index is 0.0269. The van der Waals surface area contributed by atoms with Crippen molar-refractivity contribution < 1.29 is 9.53 Å². The van der Waals surface area contributed by atoms with E-state index >= 15 is 0 Å². The molecule has 1 fully saturated rings. The molecule has 0 bridgehead atoms. The fourth-order valence-corrected chi connectivity index (χ4v) is 2.82. The number of aromatic nitrogens is 2. The molecule has 2 aromatic rings. The van der Waals surface area contributed by atoms with Gasteiger partial charge in [0, 0.05) is 5.92 Å². The van der Waals surface area contributed by atoms with Crippen LogP contribution in [0.3, 0.4) is 0 Å². The third-order valence-electron chi connectivity index (χ3n) is 3.46. The molecular weight excluding hydrogens is 286 g/mol. The molecule has 0 radical (unpaired) electrons. The van der Waals surface area contributed by atoms with Crippen LogP contribution in [0.25, 0.3) is 0 Å². The molecule has 0 aliphatic heterocycles. The van der Waals surface area contributed by atoms with Crippen molar-refractivity contribution in [2.75, 3.05) is 11.9 Å². The maximum Gasteiger partial charge on any atom is 0.264 e. The summed E-state index contributed by atoms with van der Waals surface area (Å²) in [5, 5.41) is 12.3. The van der Waals surface area contributed by atoms with E-state index in [-0.39, 0.29) is 12.5 Å². The largest absolute Gasteiger partial charge is 0.484 e. The molecule has 0 spiro atoms. The summed E-state index contributed by atoms with van der Waals surface area (Å²) in [6, 6.07) is 5.78. The van der Waals surface area contributed by atoms with Gasteiger partial charge in [0.1, 0.15) is 10.8 Å². The van der Waals surface area contributed by atoms with Gasteiger partial charge in [-0.15, -0.1) is 10.2 Å². The molecule has 0 unspecified atom stereocenters. The first-order valence-corrected chi connectivity index (χ1v) is 7.77. The minimum Gasteiger partial charge on any atom is -0.484 e. The van der Waals surface area contributed by atoms with Crippen molar-refractivity contribution in [3.8, 4) is 5.75 Å². The Kier molecular flexibility index (Phi) is 3.88. The van der Waals surface area contributed by atoms with Gasteiger partial charge in [-0.05, 0) is 49.9 Å². The second-order valence-corrected chi connectivity index (χ2v) is 6.31. The molecule has 110 valence electrons. The van der Waals surface area contributed by atoms with Crippen LogP contribution in [-0.2, 0) is 4.79 Å². The highest BCUT2D eigenvalue weighted by Gasteiger charge is 2.27. The van der Waals surface area contributed by atoms with Crippen LogP contribution in [0.1, 0.15) is 34.9 Å². The van der Waals surface area contributed by atoms with Gasteiger partial charge in [-0.1, -0.05) is 17.4 Å². The number of amides is 1. The fourth-order valence-electron chi connectivity index (χ4n) is 1.89. The summed E-state index contributed by atoms with van der Waals surface area (Å²) >= 11 is 1.45. The highest BCUT2D eigenvalue weighted by molar-refractivity contribution is 7.15. The van der Waals surface area contributed by atoms with Gasteiger partial charge in [-0.3, -0.25) is 10.1 Å².